The van der Waals surface area contributed by atoms with Crippen molar-refractivity contribution in [2.75, 3.05) is 31.6 Å². The van der Waals surface area contributed by atoms with Crippen molar-refractivity contribution in [1.82, 2.24) is 9.29 Å². The van der Waals surface area contributed by atoms with Crippen molar-refractivity contribution >= 4 is 49.7 Å². The number of thiophene rings is 1. The predicted octanol–water partition coefficient (Wildman–Crippen LogP) is 1.03. The van der Waals surface area contributed by atoms with Crippen molar-refractivity contribution in [2.24, 2.45) is 0 Å². The van der Waals surface area contributed by atoms with Crippen LogP contribution in [0, 0.1) is 0 Å². The van der Waals surface area contributed by atoms with E-state index in [1.54, 1.807) is 11.6 Å². The zero-order valence-corrected chi connectivity index (χ0v) is 15.0. The van der Waals surface area contributed by atoms with Crippen LogP contribution in [0.4, 0.5) is 5.13 Å². The van der Waals surface area contributed by atoms with Gasteiger partial charge in [0.1, 0.15) is 9.77 Å². The Bertz CT molecular complexity index is 859. The molecule has 0 saturated carbocycles. The molecular weight excluding hydrogens is 374 g/mol. The molecule has 1 aliphatic rings. The van der Waals surface area contributed by atoms with Crippen molar-refractivity contribution < 1.29 is 22.7 Å². The highest BCUT2D eigenvalue weighted by Gasteiger charge is 2.36. The summed E-state index contributed by atoms with van der Waals surface area (Å²) in [4.78, 5) is 29.4. The maximum atomic E-state index is 12.8. The van der Waals surface area contributed by atoms with Crippen LogP contribution in [0.1, 0.15) is 9.67 Å². The van der Waals surface area contributed by atoms with Gasteiger partial charge in [0.2, 0.25) is 15.9 Å². The lowest BCUT2D eigenvalue weighted by Crippen LogP contribution is -2.52. The lowest BCUT2D eigenvalue weighted by Gasteiger charge is -2.32. The molecule has 1 fully saturated rings. The number of sulfonamides is 1. The molecular formula is C13H13N3O5S3. The average Bonchev–Trinajstić information content (AvgIpc) is 3.25. The maximum Gasteiger partial charge on any atom is 0.349 e. The molecule has 11 heteroatoms. The molecule has 0 unspecified atom stereocenters. The van der Waals surface area contributed by atoms with Gasteiger partial charge < -0.3 is 4.74 Å². The van der Waals surface area contributed by atoms with E-state index in [1.807, 2.05) is 0 Å². The highest BCUT2D eigenvalue weighted by molar-refractivity contribution is 7.89. The van der Waals surface area contributed by atoms with Crippen LogP contribution in [0.3, 0.4) is 0 Å². The molecule has 3 rings (SSSR count). The zero-order valence-electron chi connectivity index (χ0n) is 12.5. The van der Waals surface area contributed by atoms with Gasteiger partial charge in [0.15, 0.2) is 5.13 Å². The van der Waals surface area contributed by atoms with Crippen LogP contribution >= 0.6 is 22.7 Å². The second-order valence-corrected chi connectivity index (χ2v) is 8.50. The molecule has 3 heterocycles. The molecule has 0 aliphatic carbocycles. The lowest BCUT2D eigenvalue weighted by atomic mass is 10.4. The van der Waals surface area contributed by atoms with Gasteiger partial charge in [-0.1, -0.05) is 0 Å². The first-order valence-corrected chi connectivity index (χ1v) is 10.0. The number of aromatic nitrogens is 1. The molecule has 1 amide bonds. The Morgan fingerprint density at radius 1 is 1.29 bits per heavy atom. The summed E-state index contributed by atoms with van der Waals surface area (Å²) in [6, 6.07) is 1.35. The van der Waals surface area contributed by atoms with Crippen LogP contribution < -0.4 is 4.90 Å². The van der Waals surface area contributed by atoms with Gasteiger partial charge >= 0.3 is 5.97 Å². The number of hydrogen-bond donors (Lipinski definition) is 0. The molecule has 1 saturated heterocycles. The maximum absolute atomic E-state index is 12.8. The Balaban J connectivity index is 1.84. The third-order valence-corrected chi connectivity index (χ3v) is 7.16. The summed E-state index contributed by atoms with van der Waals surface area (Å²) in [6.45, 7) is 0.0474. The van der Waals surface area contributed by atoms with E-state index in [9.17, 15) is 18.0 Å². The van der Waals surface area contributed by atoms with Crippen LogP contribution in [-0.4, -0.2) is 56.3 Å². The molecule has 8 nitrogen and oxygen atoms in total. The second kappa shape index (κ2) is 6.59. The lowest BCUT2D eigenvalue weighted by molar-refractivity contribution is -0.119. The molecule has 0 spiro atoms. The molecule has 0 N–H and O–H groups in total. The average molecular weight is 387 g/mol. The van der Waals surface area contributed by atoms with Crippen LogP contribution in [0.25, 0.3) is 0 Å². The minimum atomic E-state index is -3.95. The molecule has 0 aromatic carbocycles. The molecule has 128 valence electrons. The van der Waals surface area contributed by atoms with Crippen molar-refractivity contribution in [3.05, 3.63) is 27.9 Å². The van der Waals surface area contributed by atoms with Crippen molar-refractivity contribution in [1.29, 1.82) is 0 Å². The first kappa shape index (κ1) is 17.0. The molecule has 0 radical (unpaired) electrons. The summed E-state index contributed by atoms with van der Waals surface area (Å²) in [7, 11) is -2.76. The van der Waals surface area contributed by atoms with E-state index < -0.39 is 16.0 Å². The number of anilines is 1. The summed E-state index contributed by atoms with van der Waals surface area (Å²) >= 11 is 2.30. The van der Waals surface area contributed by atoms with Crippen molar-refractivity contribution in [3.8, 4) is 0 Å². The Morgan fingerprint density at radius 2 is 2.08 bits per heavy atom. The van der Waals surface area contributed by atoms with Crippen LogP contribution in [0.15, 0.2) is 27.9 Å². The van der Waals surface area contributed by atoms with E-state index in [4.69, 9.17) is 0 Å². The monoisotopic (exact) mass is 387 g/mol. The summed E-state index contributed by atoms with van der Waals surface area (Å²) in [6.07, 6.45) is 1.59. The van der Waals surface area contributed by atoms with Crippen LogP contribution in [0.5, 0.6) is 0 Å². The molecule has 0 atom stereocenters. The van der Waals surface area contributed by atoms with E-state index in [2.05, 4.69) is 9.72 Å². The summed E-state index contributed by atoms with van der Waals surface area (Å²) in [5, 5.41) is 3.80. The van der Waals surface area contributed by atoms with E-state index in [-0.39, 0.29) is 35.3 Å². The molecule has 1 aliphatic heterocycles. The van der Waals surface area contributed by atoms with Crippen molar-refractivity contribution in [2.45, 2.75) is 4.90 Å². The molecule has 2 aromatic heterocycles. The normalized spacial score (nSPS) is 16.4. The highest BCUT2D eigenvalue weighted by atomic mass is 32.2. The fourth-order valence-corrected chi connectivity index (χ4v) is 5.66. The van der Waals surface area contributed by atoms with Gasteiger partial charge in [-0.2, -0.15) is 4.31 Å². The minimum Gasteiger partial charge on any atom is -0.465 e. The summed E-state index contributed by atoms with van der Waals surface area (Å²) in [5.41, 5.74) is 0. The van der Waals surface area contributed by atoms with Gasteiger partial charge in [0, 0.05) is 24.7 Å². The number of thiazole rings is 1. The number of hydrogen-bond acceptors (Lipinski definition) is 8. The third kappa shape index (κ3) is 2.95. The van der Waals surface area contributed by atoms with Crippen LogP contribution in [-0.2, 0) is 19.6 Å². The van der Waals surface area contributed by atoms with Gasteiger partial charge in [-0.25, -0.2) is 18.2 Å². The number of ether oxygens (including phenoxy) is 1. The van der Waals surface area contributed by atoms with Crippen LogP contribution in [0.2, 0.25) is 0 Å². The molecule has 0 bridgehead atoms. The number of nitrogens with zero attached hydrogens (tertiary/aromatic N) is 3. The largest absolute Gasteiger partial charge is 0.465 e. The SMILES string of the molecule is COC(=O)c1sccc1S(=O)(=O)N1CCN(c2nccs2)C(=O)C1. The Labute approximate surface area is 146 Å². The van der Waals surface area contributed by atoms with Gasteiger partial charge in [0.05, 0.1) is 13.7 Å². The number of rotatable bonds is 4. The quantitative estimate of drug-likeness (QED) is 0.727. The van der Waals surface area contributed by atoms with Gasteiger partial charge in [-0.15, -0.1) is 22.7 Å². The number of methoxy groups -OCH3 is 1. The minimum absolute atomic E-state index is 0.00676. The van der Waals surface area contributed by atoms with Crippen molar-refractivity contribution in [3.63, 3.8) is 0 Å². The van der Waals surface area contributed by atoms with E-state index in [0.717, 1.165) is 15.6 Å². The number of amides is 1. The highest BCUT2D eigenvalue weighted by Crippen LogP contribution is 2.28. The van der Waals surface area contributed by atoms with Gasteiger partial charge in [-0.3, -0.25) is 9.69 Å². The van der Waals surface area contributed by atoms with E-state index in [1.165, 1.54) is 34.8 Å². The Morgan fingerprint density at radius 3 is 2.71 bits per heavy atom. The number of esters is 1. The first-order valence-electron chi connectivity index (χ1n) is 6.81. The fourth-order valence-electron chi connectivity index (χ4n) is 2.29. The smallest absolute Gasteiger partial charge is 0.349 e. The third-order valence-electron chi connectivity index (χ3n) is 3.45. The summed E-state index contributed by atoms with van der Waals surface area (Å²) < 4.78 is 31.2. The Kier molecular flexibility index (Phi) is 4.67. The molecule has 24 heavy (non-hydrogen) atoms. The number of piperazine rings is 1. The van der Waals surface area contributed by atoms with Gasteiger partial charge in [-0.05, 0) is 11.4 Å². The van der Waals surface area contributed by atoms with E-state index >= 15 is 0 Å². The molecule has 2 aromatic rings. The van der Waals surface area contributed by atoms with Gasteiger partial charge in [0.25, 0.3) is 0 Å². The number of carbonyl (C=O) groups is 2. The Hall–Kier alpha value is -1.82. The number of carbonyl (C=O) groups excluding carboxylic acids is 2. The fraction of sp³-hybridized carbons (Fsp3) is 0.308. The second-order valence-electron chi connectivity index (χ2n) is 4.80. The van der Waals surface area contributed by atoms with E-state index in [0.29, 0.717) is 5.13 Å². The first-order chi connectivity index (χ1) is 11.4. The zero-order chi connectivity index (χ0) is 17.3. The topological polar surface area (TPSA) is 96.9 Å². The standard InChI is InChI=1S/C13H13N3O5S3/c1-21-12(18)11-9(2-6-22-11)24(19,20)15-4-5-16(10(17)8-15)13-14-3-7-23-13/h2-3,6-7H,4-5,8H2,1H3. The predicted molar refractivity (Wildman–Crippen MR) is 88.9 cm³/mol. The summed E-state index contributed by atoms with van der Waals surface area (Å²) in [5.74, 6) is -1.06.